The minimum absolute atomic E-state index is 0.335. The fourth-order valence-electron chi connectivity index (χ4n) is 1.58. The van der Waals surface area contributed by atoms with Crippen LogP contribution in [0, 0.1) is 6.92 Å². The Morgan fingerprint density at radius 1 is 1.33 bits per heavy atom. The largest absolute Gasteiger partial charge is 0.462 e. The number of carbonyl (C=O) groups is 1. The number of hydrogen-bond acceptors (Lipinski definition) is 7. The number of rotatable bonds is 10. The van der Waals surface area contributed by atoms with Crippen molar-refractivity contribution >= 4 is 11.9 Å². The summed E-state index contributed by atoms with van der Waals surface area (Å²) in [6.45, 7) is 6.40. The molecule has 0 saturated heterocycles. The van der Waals surface area contributed by atoms with E-state index in [1.54, 1.807) is 21.0 Å². The fourth-order valence-corrected chi connectivity index (χ4v) is 1.58. The number of carbonyl (C=O) groups excluding carboxylic acids is 1. The van der Waals surface area contributed by atoms with E-state index in [0.29, 0.717) is 50.2 Å². The first-order chi connectivity index (χ1) is 10.2. The zero-order valence-electron chi connectivity index (χ0n) is 12.8. The molecule has 0 aliphatic heterocycles. The van der Waals surface area contributed by atoms with Gasteiger partial charge in [0.25, 0.3) is 0 Å². The molecule has 0 unspecified atom stereocenters. The first-order valence-corrected chi connectivity index (χ1v) is 7.00. The summed E-state index contributed by atoms with van der Waals surface area (Å²) in [6, 6.07) is 0. The summed E-state index contributed by atoms with van der Waals surface area (Å²) in [5, 5.41) is 3.09. The lowest BCUT2D eigenvalue weighted by Crippen LogP contribution is -2.13. The van der Waals surface area contributed by atoms with E-state index in [1.165, 1.54) is 6.20 Å². The number of esters is 1. The first kappa shape index (κ1) is 17.3. The summed E-state index contributed by atoms with van der Waals surface area (Å²) < 4.78 is 15.2. The van der Waals surface area contributed by atoms with Crippen molar-refractivity contribution in [2.45, 2.75) is 20.3 Å². The summed E-state index contributed by atoms with van der Waals surface area (Å²) in [7, 11) is 1.64. The summed E-state index contributed by atoms with van der Waals surface area (Å²) in [4.78, 5) is 20.0. The van der Waals surface area contributed by atoms with Gasteiger partial charge in [-0.05, 0) is 20.3 Å². The molecular weight excluding hydrogens is 274 g/mol. The third-order valence-electron chi connectivity index (χ3n) is 2.66. The van der Waals surface area contributed by atoms with Gasteiger partial charge >= 0.3 is 5.97 Å². The van der Waals surface area contributed by atoms with Gasteiger partial charge in [0, 0.05) is 26.5 Å². The van der Waals surface area contributed by atoms with Crippen molar-refractivity contribution in [1.29, 1.82) is 0 Å². The number of aromatic nitrogens is 2. The minimum atomic E-state index is -0.395. The third kappa shape index (κ3) is 6.50. The van der Waals surface area contributed by atoms with E-state index < -0.39 is 5.97 Å². The van der Waals surface area contributed by atoms with Gasteiger partial charge in [0.1, 0.15) is 0 Å². The van der Waals surface area contributed by atoms with Crippen LogP contribution < -0.4 is 5.32 Å². The van der Waals surface area contributed by atoms with Crippen LogP contribution in [0.4, 0.5) is 5.95 Å². The molecule has 1 N–H and O–H groups in total. The second kappa shape index (κ2) is 10.1. The smallest absolute Gasteiger partial charge is 0.341 e. The monoisotopic (exact) mass is 297 g/mol. The second-order valence-corrected chi connectivity index (χ2v) is 4.30. The summed E-state index contributed by atoms with van der Waals surface area (Å²) in [6.07, 6.45) is 2.32. The predicted molar refractivity (Wildman–Crippen MR) is 78.5 cm³/mol. The molecule has 0 spiro atoms. The average molecular weight is 297 g/mol. The number of methoxy groups -OCH3 is 1. The molecule has 0 fully saturated rings. The Labute approximate surface area is 125 Å². The zero-order chi connectivity index (χ0) is 15.5. The van der Waals surface area contributed by atoms with Gasteiger partial charge in [0.05, 0.1) is 31.1 Å². The van der Waals surface area contributed by atoms with Crippen LogP contribution in [-0.2, 0) is 14.2 Å². The number of ether oxygens (including phenoxy) is 3. The van der Waals surface area contributed by atoms with Crippen molar-refractivity contribution in [2.75, 3.05) is 45.4 Å². The molecule has 1 rings (SSSR count). The lowest BCUT2D eigenvalue weighted by molar-refractivity contribution is 0.0524. The van der Waals surface area contributed by atoms with Crippen LogP contribution in [-0.4, -0.2) is 56.0 Å². The summed E-state index contributed by atoms with van der Waals surface area (Å²) >= 11 is 0. The highest BCUT2D eigenvalue weighted by atomic mass is 16.5. The molecule has 118 valence electrons. The van der Waals surface area contributed by atoms with Crippen molar-refractivity contribution in [2.24, 2.45) is 0 Å². The quantitative estimate of drug-likeness (QED) is 0.516. The van der Waals surface area contributed by atoms with Crippen molar-refractivity contribution in [3.63, 3.8) is 0 Å². The van der Waals surface area contributed by atoms with Crippen LogP contribution in [0.3, 0.4) is 0 Å². The fraction of sp³-hybridized carbons (Fsp3) is 0.643. The molecule has 1 aromatic heterocycles. The number of nitrogens with one attached hydrogen (secondary N) is 1. The standard InChI is InChI=1S/C14H23N3O4/c1-4-21-13(18)12-10-16-14(17-11(12)2)15-6-5-7-20-9-8-19-3/h10H,4-9H2,1-3H3,(H,15,16,17). The Hall–Kier alpha value is -1.73. The molecule has 7 nitrogen and oxygen atoms in total. The first-order valence-electron chi connectivity index (χ1n) is 7.00. The number of hydrogen-bond donors (Lipinski definition) is 1. The van der Waals surface area contributed by atoms with E-state index in [9.17, 15) is 4.79 Å². The van der Waals surface area contributed by atoms with Crippen molar-refractivity contribution in [3.8, 4) is 0 Å². The van der Waals surface area contributed by atoms with Gasteiger partial charge < -0.3 is 19.5 Å². The van der Waals surface area contributed by atoms with Gasteiger partial charge in [-0.2, -0.15) is 0 Å². The molecule has 0 bridgehead atoms. The summed E-state index contributed by atoms with van der Waals surface area (Å²) in [5.41, 5.74) is 0.993. The van der Waals surface area contributed by atoms with E-state index in [-0.39, 0.29) is 0 Å². The van der Waals surface area contributed by atoms with Gasteiger partial charge in [-0.15, -0.1) is 0 Å². The van der Waals surface area contributed by atoms with Crippen LogP contribution in [0.25, 0.3) is 0 Å². The SMILES string of the molecule is CCOC(=O)c1cnc(NCCCOCCOC)nc1C. The van der Waals surface area contributed by atoms with Gasteiger partial charge in [-0.25, -0.2) is 14.8 Å². The van der Waals surface area contributed by atoms with Crippen molar-refractivity contribution in [1.82, 2.24) is 9.97 Å². The Morgan fingerprint density at radius 2 is 2.14 bits per heavy atom. The van der Waals surface area contributed by atoms with E-state index in [2.05, 4.69) is 15.3 Å². The zero-order valence-corrected chi connectivity index (χ0v) is 12.8. The van der Waals surface area contributed by atoms with Crippen molar-refractivity contribution in [3.05, 3.63) is 17.5 Å². The molecule has 0 aromatic carbocycles. The predicted octanol–water partition coefficient (Wildman–Crippen LogP) is 1.43. The van der Waals surface area contributed by atoms with Crippen LogP contribution in [0.1, 0.15) is 29.4 Å². The third-order valence-corrected chi connectivity index (χ3v) is 2.66. The topological polar surface area (TPSA) is 82.6 Å². The molecule has 1 heterocycles. The second-order valence-electron chi connectivity index (χ2n) is 4.30. The summed E-state index contributed by atoms with van der Waals surface area (Å²) in [5.74, 6) is 0.102. The Kier molecular flexibility index (Phi) is 8.30. The van der Waals surface area contributed by atoms with Crippen LogP contribution in [0.5, 0.6) is 0 Å². The van der Waals surface area contributed by atoms with Gasteiger partial charge in [-0.1, -0.05) is 0 Å². The van der Waals surface area contributed by atoms with Crippen LogP contribution in [0.15, 0.2) is 6.20 Å². The Morgan fingerprint density at radius 3 is 2.81 bits per heavy atom. The average Bonchev–Trinajstić information content (AvgIpc) is 2.46. The van der Waals surface area contributed by atoms with E-state index >= 15 is 0 Å². The molecule has 0 saturated carbocycles. The molecule has 0 amide bonds. The van der Waals surface area contributed by atoms with Gasteiger partial charge in [-0.3, -0.25) is 0 Å². The Bertz CT molecular complexity index is 440. The molecule has 0 aliphatic rings. The highest BCUT2D eigenvalue weighted by molar-refractivity contribution is 5.90. The van der Waals surface area contributed by atoms with Crippen LogP contribution >= 0.6 is 0 Å². The number of anilines is 1. The lowest BCUT2D eigenvalue weighted by Gasteiger charge is -2.08. The van der Waals surface area contributed by atoms with E-state index in [0.717, 1.165) is 6.42 Å². The molecule has 0 radical (unpaired) electrons. The molecule has 1 aromatic rings. The number of nitrogens with zero attached hydrogens (tertiary/aromatic N) is 2. The van der Waals surface area contributed by atoms with E-state index in [1.807, 2.05) is 0 Å². The molecule has 0 aliphatic carbocycles. The van der Waals surface area contributed by atoms with Gasteiger partial charge in [0.15, 0.2) is 0 Å². The van der Waals surface area contributed by atoms with Crippen molar-refractivity contribution < 1.29 is 19.0 Å². The number of aryl methyl sites for hydroxylation is 1. The van der Waals surface area contributed by atoms with Gasteiger partial charge in [0.2, 0.25) is 5.95 Å². The maximum atomic E-state index is 11.6. The highest BCUT2D eigenvalue weighted by Crippen LogP contribution is 2.08. The maximum Gasteiger partial charge on any atom is 0.341 e. The lowest BCUT2D eigenvalue weighted by atomic mass is 10.2. The normalized spacial score (nSPS) is 10.4. The van der Waals surface area contributed by atoms with Crippen LogP contribution in [0.2, 0.25) is 0 Å². The highest BCUT2D eigenvalue weighted by Gasteiger charge is 2.12. The molecule has 7 heteroatoms. The molecular formula is C14H23N3O4. The maximum absolute atomic E-state index is 11.6. The van der Waals surface area contributed by atoms with E-state index in [4.69, 9.17) is 14.2 Å². The minimum Gasteiger partial charge on any atom is -0.462 e. The molecule has 0 atom stereocenters. The molecule has 21 heavy (non-hydrogen) atoms. The Balaban J connectivity index is 2.33.